The molecule has 0 unspecified atom stereocenters. The van der Waals surface area contributed by atoms with Gasteiger partial charge in [-0.25, -0.2) is 4.79 Å². The zero-order chi connectivity index (χ0) is 17.1. The van der Waals surface area contributed by atoms with E-state index in [4.69, 9.17) is 4.84 Å². The fourth-order valence-corrected chi connectivity index (χ4v) is 2.02. The predicted molar refractivity (Wildman–Crippen MR) is 84.0 cm³/mol. The number of anilines is 1. The highest BCUT2D eigenvalue weighted by molar-refractivity contribution is 6.06. The number of amides is 1. The monoisotopic (exact) mass is 328 g/mol. The molecule has 0 saturated carbocycles. The molecule has 9 nitrogen and oxygen atoms in total. The molecule has 0 saturated heterocycles. The Labute approximate surface area is 134 Å². The number of aromatic amines is 3. The van der Waals surface area contributed by atoms with Crippen molar-refractivity contribution in [1.82, 2.24) is 15.0 Å². The Morgan fingerprint density at radius 3 is 2.42 bits per heavy atom. The molecule has 0 aliphatic heterocycles. The highest BCUT2D eigenvalue weighted by Gasteiger charge is 2.27. The second kappa shape index (κ2) is 6.16. The molecule has 1 aromatic carbocycles. The summed E-state index contributed by atoms with van der Waals surface area (Å²) in [5.41, 5.74) is -2.28. The molecular weight excluding hydrogens is 316 g/mol. The fourth-order valence-electron chi connectivity index (χ4n) is 2.02. The van der Waals surface area contributed by atoms with Gasteiger partial charge in [-0.3, -0.25) is 19.6 Å². The van der Waals surface area contributed by atoms with Crippen molar-refractivity contribution >= 4 is 11.6 Å². The van der Waals surface area contributed by atoms with Crippen LogP contribution in [-0.4, -0.2) is 26.0 Å². The van der Waals surface area contributed by atoms with Gasteiger partial charge in [0.1, 0.15) is 0 Å². The van der Waals surface area contributed by atoms with Crippen molar-refractivity contribution < 1.29 is 14.7 Å². The summed E-state index contributed by atoms with van der Waals surface area (Å²) in [6.45, 7) is 0. The molecule has 0 bridgehead atoms. The number of aromatic nitrogens is 3. The number of benzene rings is 1. The highest BCUT2D eigenvalue weighted by Crippen LogP contribution is 2.20. The average molecular weight is 328 g/mol. The molecule has 24 heavy (non-hydrogen) atoms. The van der Waals surface area contributed by atoms with Crippen LogP contribution in [0.25, 0.3) is 0 Å². The summed E-state index contributed by atoms with van der Waals surface area (Å²) in [5, 5.41) is 10.6. The van der Waals surface area contributed by atoms with Gasteiger partial charge in [-0.05, 0) is 18.2 Å². The third-order valence-electron chi connectivity index (χ3n) is 3.07. The maximum absolute atomic E-state index is 12.7. The third-order valence-corrected chi connectivity index (χ3v) is 3.07. The van der Waals surface area contributed by atoms with E-state index in [1.807, 2.05) is 9.97 Å². The van der Waals surface area contributed by atoms with Gasteiger partial charge in [0.25, 0.3) is 5.56 Å². The van der Waals surface area contributed by atoms with E-state index in [1.165, 1.54) is 0 Å². The standard InChI is InChI=1S/C15H12N4O5/c20-12-11(13(21)18-15(23)17-12)14(22)19(9-5-2-1-3-6-9)24-10-7-4-8-16-10/h1-8,16H,(H3,17,18,20,21,23). The minimum Gasteiger partial charge on any atom is -0.494 e. The van der Waals surface area contributed by atoms with Gasteiger partial charge in [0.15, 0.2) is 5.56 Å². The Balaban J connectivity index is 2.07. The number of carbonyl (C=O) groups excluding carboxylic acids is 1. The van der Waals surface area contributed by atoms with Crippen LogP contribution in [0.2, 0.25) is 0 Å². The van der Waals surface area contributed by atoms with Crippen molar-refractivity contribution in [3.63, 3.8) is 0 Å². The second-order valence-electron chi connectivity index (χ2n) is 4.69. The lowest BCUT2D eigenvalue weighted by Crippen LogP contribution is -2.39. The van der Waals surface area contributed by atoms with Crippen molar-refractivity contribution in [2.75, 3.05) is 5.06 Å². The first-order valence-electron chi connectivity index (χ1n) is 6.82. The van der Waals surface area contributed by atoms with E-state index in [-0.39, 0.29) is 5.88 Å². The van der Waals surface area contributed by atoms with Crippen molar-refractivity contribution in [3.8, 4) is 11.8 Å². The van der Waals surface area contributed by atoms with Crippen molar-refractivity contribution in [1.29, 1.82) is 0 Å². The zero-order valence-corrected chi connectivity index (χ0v) is 12.1. The molecule has 2 heterocycles. The van der Waals surface area contributed by atoms with Crippen molar-refractivity contribution in [2.45, 2.75) is 0 Å². The van der Waals surface area contributed by atoms with Crippen LogP contribution >= 0.6 is 0 Å². The Bertz CT molecular complexity index is 960. The van der Waals surface area contributed by atoms with Gasteiger partial charge in [-0.1, -0.05) is 18.2 Å². The number of hydrogen-bond donors (Lipinski definition) is 4. The Morgan fingerprint density at radius 1 is 1.04 bits per heavy atom. The SMILES string of the molecule is O=C(c1c(O)[nH]c(=O)[nH]c1=O)N(Oc1ccc[nH]1)c1ccccc1. The van der Waals surface area contributed by atoms with Crippen LogP contribution in [0, 0.1) is 0 Å². The number of nitrogens with zero attached hydrogens (tertiary/aromatic N) is 1. The van der Waals surface area contributed by atoms with Gasteiger partial charge in [0, 0.05) is 12.3 Å². The summed E-state index contributed by atoms with van der Waals surface area (Å²) in [6.07, 6.45) is 1.59. The molecule has 2 aromatic heterocycles. The minimum atomic E-state index is -1.03. The maximum atomic E-state index is 12.7. The summed E-state index contributed by atoms with van der Waals surface area (Å²) >= 11 is 0. The molecule has 0 fully saturated rings. The van der Waals surface area contributed by atoms with Crippen LogP contribution < -0.4 is 21.1 Å². The first kappa shape index (κ1) is 15.2. The van der Waals surface area contributed by atoms with E-state index >= 15 is 0 Å². The Hall–Kier alpha value is -3.75. The number of rotatable bonds is 4. The number of para-hydroxylation sites is 1. The summed E-state index contributed by atoms with van der Waals surface area (Å²) < 4.78 is 0. The highest BCUT2D eigenvalue weighted by atomic mass is 16.7. The van der Waals surface area contributed by atoms with E-state index in [9.17, 15) is 19.5 Å². The van der Waals surface area contributed by atoms with Gasteiger partial charge in [0.2, 0.25) is 11.8 Å². The first-order chi connectivity index (χ1) is 11.6. The van der Waals surface area contributed by atoms with Crippen LogP contribution in [0.3, 0.4) is 0 Å². The number of H-pyrrole nitrogens is 3. The zero-order valence-electron chi connectivity index (χ0n) is 12.1. The first-order valence-corrected chi connectivity index (χ1v) is 6.82. The molecule has 1 amide bonds. The largest absolute Gasteiger partial charge is 0.494 e. The number of nitrogens with one attached hydrogen (secondary N) is 3. The molecular formula is C15H12N4O5. The Morgan fingerprint density at radius 2 is 1.79 bits per heavy atom. The van der Waals surface area contributed by atoms with Crippen LogP contribution in [0.15, 0.2) is 58.3 Å². The normalized spacial score (nSPS) is 10.3. The molecule has 3 rings (SSSR count). The second-order valence-corrected chi connectivity index (χ2v) is 4.69. The lowest BCUT2D eigenvalue weighted by atomic mass is 10.2. The van der Waals surface area contributed by atoms with Gasteiger partial charge in [0.05, 0.1) is 5.69 Å². The molecule has 0 aliphatic rings. The van der Waals surface area contributed by atoms with Gasteiger partial charge >= 0.3 is 11.6 Å². The quantitative estimate of drug-likeness (QED) is 0.525. The maximum Gasteiger partial charge on any atom is 0.328 e. The van der Waals surface area contributed by atoms with Crippen LogP contribution in [-0.2, 0) is 0 Å². The summed E-state index contributed by atoms with van der Waals surface area (Å²) in [7, 11) is 0. The van der Waals surface area contributed by atoms with E-state index in [0.29, 0.717) is 5.69 Å². The summed E-state index contributed by atoms with van der Waals surface area (Å²) in [6, 6.07) is 11.5. The van der Waals surface area contributed by atoms with Crippen LogP contribution in [0.1, 0.15) is 10.4 Å². The third kappa shape index (κ3) is 2.90. The van der Waals surface area contributed by atoms with Crippen molar-refractivity contribution in [3.05, 3.63) is 75.1 Å². The molecule has 3 aromatic rings. The van der Waals surface area contributed by atoms with Crippen LogP contribution in [0.5, 0.6) is 11.8 Å². The number of carbonyl (C=O) groups is 1. The minimum absolute atomic E-state index is 0.243. The molecule has 0 radical (unpaired) electrons. The lowest BCUT2D eigenvalue weighted by Gasteiger charge is -2.21. The number of aromatic hydroxyl groups is 1. The lowest BCUT2D eigenvalue weighted by molar-refractivity contribution is 0.0870. The number of hydroxylamine groups is 1. The predicted octanol–water partition coefficient (Wildman–Crippen LogP) is 0.738. The molecule has 0 aliphatic carbocycles. The summed E-state index contributed by atoms with van der Waals surface area (Å²) in [4.78, 5) is 47.8. The van der Waals surface area contributed by atoms with E-state index in [2.05, 4.69) is 4.98 Å². The molecule has 0 atom stereocenters. The van der Waals surface area contributed by atoms with Gasteiger partial charge in [-0.2, -0.15) is 0 Å². The Kier molecular flexibility index (Phi) is 3.89. The fraction of sp³-hybridized carbons (Fsp3) is 0. The smallest absolute Gasteiger partial charge is 0.328 e. The van der Waals surface area contributed by atoms with Crippen LogP contribution in [0.4, 0.5) is 5.69 Å². The van der Waals surface area contributed by atoms with E-state index in [0.717, 1.165) is 5.06 Å². The molecule has 9 heteroatoms. The van der Waals surface area contributed by atoms with E-state index < -0.39 is 28.6 Å². The van der Waals surface area contributed by atoms with Gasteiger partial charge in [-0.15, -0.1) is 5.06 Å². The average Bonchev–Trinajstić information content (AvgIpc) is 3.05. The van der Waals surface area contributed by atoms with Gasteiger partial charge < -0.3 is 14.9 Å². The summed E-state index contributed by atoms with van der Waals surface area (Å²) in [5.74, 6) is -1.55. The topological polar surface area (TPSA) is 131 Å². The molecule has 0 spiro atoms. The number of hydrogen-bond acceptors (Lipinski definition) is 5. The molecule has 122 valence electrons. The van der Waals surface area contributed by atoms with Crippen molar-refractivity contribution in [2.24, 2.45) is 0 Å². The molecule has 4 N–H and O–H groups in total. The van der Waals surface area contributed by atoms with E-state index in [1.54, 1.807) is 48.7 Å².